The van der Waals surface area contributed by atoms with E-state index in [-0.39, 0.29) is 16.9 Å². The standard InChI is InChI=1S/C21H18N6O4/c28-21(16-7-8-17(18(12-16)27(29)30)26-14-22-13-25-26)24-10-3-11-31-19-6-1-4-15-5-2-9-23-20(15)19/h1-2,4-9,12-14H,3,10-11H2,(H,24,28). The number of hydrogen-bond acceptors (Lipinski definition) is 7. The Morgan fingerprint density at radius 2 is 2.06 bits per heavy atom. The first kappa shape index (κ1) is 20.0. The molecule has 10 nitrogen and oxygen atoms in total. The summed E-state index contributed by atoms with van der Waals surface area (Å²) >= 11 is 0. The molecule has 0 bridgehead atoms. The van der Waals surface area contributed by atoms with Gasteiger partial charge in [0.25, 0.3) is 11.6 Å². The molecule has 2 aromatic carbocycles. The van der Waals surface area contributed by atoms with Gasteiger partial charge in [0.2, 0.25) is 0 Å². The SMILES string of the molecule is O=C(NCCCOc1cccc2cccnc12)c1ccc(-n2cncn2)c([N+](=O)[O-])c1. The molecule has 0 unspecified atom stereocenters. The van der Waals surface area contributed by atoms with Gasteiger partial charge in [-0.2, -0.15) is 5.10 Å². The third-order valence-electron chi connectivity index (χ3n) is 4.56. The van der Waals surface area contributed by atoms with Gasteiger partial charge in [0.1, 0.15) is 29.6 Å². The van der Waals surface area contributed by atoms with E-state index in [0.717, 1.165) is 10.9 Å². The van der Waals surface area contributed by atoms with Gasteiger partial charge in [-0.05, 0) is 30.7 Å². The predicted molar refractivity (Wildman–Crippen MR) is 112 cm³/mol. The molecule has 1 N–H and O–H groups in total. The summed E-state index contributed by atoms with van der Waals surface area (Å²) in [6.45, 7) is 0.747. The number of carbonyl (C=O) groups is 1. The average molecular weight is 418 g/mol. The molecule has 2 heterocycles. The summed E-state index contributed by atoms with van der Waals surface area (Å²) in [5.41, 5.74) is 0.977. The first-order valence-electron chi connectivity index (χ1n) is 9.51. The van der Waals surface area contributed by atoms with Crippen molar-refractivity contribution in [3.8, 4) is 11.4 Å². The lowest BCUT2D eigenvalue weighted by Crippen LogP contribution is -2.25. The molecule has 0 atom stereocenters. The van der Waals surface area contributed by atoms with Crippen molar-refractivity contribution in [3.05, 3.63) is 83.1 Å². The summed E-state index contributed by atoms with van der Waals surface area (Å²) in [5, 5.41) is 19.1. The lowest BCUT2D eigenvalue weighted by Gasteiger charge is -2.10. The van der Waals surface area contributed by atoms with E-state index in [1.165, 1.54) is 35.5 Å². The second-order valence-electron chi connectivity index (χ2n) is 6.59. The highest BCUT2D eigenvalue weighted by Crippen LogP contribution is 2.24. The van der Waals surface area contributed by atoms with Crippen molar-refractivity contribution >= 4 is 22.5 Å². The highest BCUT2D eigenvalue weighted by molar-refractivity contribution is 5.95. The van der Waals surface area contributed by atoms with Crippen LogP contribution in [0.2, 0.25) is 0 Å². The molecule has 0 aliphatic rings. The fourth-order valence-electron chi connectivity index (χ4n) is 3.09. The summed E-state index contributed by atoms with van der Waals surface area (Å²) in [6.07, 6.45) is 4.91. The number of para-hydroxylation sites is 1. The van der Waals surface area contributed by atoms with Crippen LogP contribution in [0.5, 0.6) is 5.75 Å². The zero-order chi connectivity index (χ0) is 21.6. The predicted octanol–water partition coefficient (Wildman–Crippen LogP) is 2.92. The molecule has 0 aliphatic heterocycles. The average Bonchev–Trinajstić information content (AvgIpc) is 3.33. The van der Waals surface area contributed by atoms with Gasteiger partial charge < -0.3 is 10.1 Å². The second-order valence-corrected chi connectivity index (χ2v) is 6.59. The Labute approximate surface area is 176 Å². The number of benzene rings is 2. The van der Waals surface area contributed by atoms with Crippen LogP contribution in [0.1, 0.15) is 16.8 Å². The quantitative estimate of drug-likeness (QED) is 0.265. The number of pyridine rings is 1. The normalized spacial score (nSPS) is 10.7. The highest BCUT2D eigenvalue weighted by atomic mass is 16.6. The summed E-state index contributed by atoms with van der Waals surface area (Å²) in [6, 6.07) is 13.7. The number of rotatable bonds is 8. The Morgan fingerprint density at radius 3 is 2.87 bits per heavy atom. The number of nitro groups is 1. The van der Waals surface area contributed by atoms with Gasteiger partial charge in [0.15, 0.2) is 0 Å². The largest absolute Gasteiger partial charge is 0.491 e. The van der Waals surface area contributed by atoms with Crippen molar-refractivity contribution in [1.82, 2.24) is 25.1 Å². The molecule has 0 saturated carbocycles. The molecule has 0 fully saturated rings. The number of nitro benzene ring substituents is 1. The Kier molecular flexibility index (Phi) is 5.79. The van der Waals surface area contributed by atoms with Gasteiger partial charge in [-0.25, -0.2) is 9.67 Å². The minimum Gasteiger partial charge on any atom is -0.491 e. The Morgan fingerprint density at radius 1 is 1.19 bits per heavy atom. The van der Waals surface area contributed by atoms with Gasteiger partial charge >= 0.3 is 0 Å². The molecule has 0 saturated heterocycles. The number of amides is 1. The lowest BCUT2D eigenvalue weighted by molar-refractivity contribution is -0.384. The Balaban J connectivity index is 1.34. The van der Waals surface area contributed by atoms with Crippen LogP contribution in [-0.4, -0.2) is 43.7 Å². The molecule has 0 aliphatic carbocycles. The molecular weight excluding hydrogens is 400 g/mol. The monoisotopic (exact) mass is 418 g/mol. The maximum Gasteiger partial charge on any atom is 0.295 e. The minimum atomic E-state index is -0.556. The number of aromatic nitrogens is 4. The molecule has 10 heteroatoms. The van der Waals surface area contributed by atoms with Crippen LogP contribution in [0.3, 0.4) is 0 Å². The molecule has 1 amide bonds. The fraction of sp³-hybridized carbons (Fsp3) is 0.143. The topological polar surface area (TPSA) is 125 Å². The van der Waals surface area contributed by atoms with Crippen molar-refractivity contribution < 1.29 is 14.5 Å². The zero-order valence-corrected chi connectivity index (χ0v) is 16.3. The van der Waals surface area contributed by atoms with E-state index in [2.05, 4.69) is 20.4 Å². The van der Waals surface area contributed by atoms with Crippen LogP contribution >= 0.6 is 0 Å². The van der Waals surface area contributed by atoms with E-state index in [0.29, 0.717) is 25.3 Å². The molecule has 4 aromatic rings. The van der Waals surface area contributed by atoms with Crippen molar-refractivity contribution in [2.75, 3.05) is 13.2 Å². The molecular formula is C21H18N6O4. The third kappa shape index (κ3) is 4.47. The molecule has 4 rings (SSSR count). The zero-order valence-electron chi connectivity index (χ0n) is 16.3. The van der Waals surface area contributed by atoms with Crippen LogP contribution in [-0.2, 0) is 0 Å². The number of hydrogen-bond donors (Lipinski definition) is 1. The first-order chi connectivity index (χ1) is 15.1. The number of ether oxygens (including phenoxy) is 1. The summed E-state index contributed by atoms with van der Waals surface area (Å²) in [4.78, 5) is 31.4. The van der Waals surface area contributed by atoms with Gasteiger partial charge in [0, 0.05) is 29.8 Å². The molecule has 156 valence electrons. The van der Waals surface area contributed by atoms with Crippen LogP contribution in [0.25, 0.3) is 16.6 Å². The van der Waals surface area contributed by atoms with Crippen molar-refractivity contribution in [2.45, 2.75) is 6.42 Å². The van der Waals surface area contributed by atoms with Crippen LogP contribution < -0.4 is 10.1 Å². The highest BCUT2D eigenvalue weighted by Gasteiger charge is 2.19. The molecule has 31 heavy (non-hydrogen) atoms. The second kappa shape index (κ2) is 8.99. The lowest BCUT2D eigenvalue weighted by atomic mass is 10.1. The van der Waals surface area contributed by atoms with Gasteiger partial charge in [0.05, 0.1) is 11.5 Å². The minimum absolute atomic E-state index is 0.190. The van der Waals surface area contributed by atoms with Crippen LogP contribution in [0.4, 0.5) is 5.69 Å². The van der Waals surface area contributed by atoms with Gasteiger partial charge in [-0.1, -0.05) is 18.2 Å². The maximum atomic E-state index is 12.4. The Hall–Kier alpha value is -4.34. The van der Waals surface area contributed by atoms with E-state index in [1.807, 2.05) is 30.3 Å². The fourth-order valence-corrected chi connectivity index (χ4v) is 3.09. The van der Waals surface area contributed by atoms with E-state index in [9.17, 15) is 14.9 Å². The van der Waals surface area contributed by atoms with E-state index in [4.69, 9.17) is 4.74 Å². The first-order valence-corrected chi connectivity index (χ1v) is 9.51. The van der Waals surface area contributed by atoms with Gasteiger partial charge in [-0.15, -0.1) is 0 Å². The van der Waals surface area contributed by atoms with E-state index >= 15 is 0 Å². The van der Waals surface area contributed by atoms with Crippen molar-refractivity contribution in [3.63, 3.8) is 0 Å². The van der Waals surface area contributed by atoms with E-state index in [1.54, 1.807) is 6.20 Å². The van der Waals surface area contributed by atoms with E-state index < -0.39 is 10.8 Å². The van der Waals surface area contributed by atoms with Crippen molar-refractivity contribution in [1.29, 1.82) is 0 Å². The summed E-state index contributed by atoms with van der Waals surface area (Å²) < 4.78 is 7.07. The summed E-state index contributed by atoms with van der Waals surface area (Å²) in [7, 11) is 0. The maximum absolute atomic E-state index is 12.4. The van der Waals surface area contributed by atoms with Crippen molar-refractivity contribution in [2.24, 2.45) is 0 Å². The number of nitrogens with one attached hydrogen (secondary N) is 1. The Bertz CT molecular complexity index is 1220. The number of fused-ring (bicyclic) bond motifs is 1. The van der Waals surface area contributed by atoms with Crippen LogP contribution in [0.15, 0.2) is 67.4 Å². The van der Waals surface area contributed by atoms with Gasteiger partial charge in [-0.3, -0.25) is 19.9 Å². The molecule has 2 aromatic heterocycles. The number of carbonyl (C=O) groups excluding carboxylic acids is 1. The molecule has 0 spiro atoms. The smallest absolute Gasteiger partial charge is 0.295 e. The summed E-state index contributed by atoms with van der Waals surface area (Å²) in [5.74, 6) is 0.281. The third-order valence-corrected chi connectivity index (χ3v) is 4.56. The van der Waals surface area contributed by atoms with Crippen LogP contribution in [0, 0.1) is 10.1 Å². The number of nitrogens with zero attached hydrogens (tertiary/aromatic N) is 5. The molecule has 0 radical (unpaired) electrons.